The Balaban J connectivity index is 2.18. The lowest BCUT2D eigenvalue weighted by molar-refractivity contribution is -0.143. The summed E-state index contributed by atoms with van der Waals surface area (Å²) >= 11 is 0. The number of ether oxygens (including phenoxy) is 2. The fraction of sp³-hybridized carbons (Fsp3) is 0.500. The molecule has 1 rings (SSSR count). The van der Waals surface area contributed by atoms with E-state index in [4.69, 9.17) is 9.47 Å². The zero-order valence-electron chi connectivity index (χ0n) is 11.4. The average molecular weight is 269 g/mol. The molecule has 0 atom stereocenters. The van der Waals surface area contributed by atoms with Crippen molar-refractivity contribution in [2.75, 3.05) is 33.4 Å². The monoisotopic (exact) mass is 269 g/mol. The number of nitrogens with zero attached hydrogens (tertiary/aromatic N) is 1. The number of para-hydroxylation sites is 1. The number of benzene rings is 1. The Labute approximate surface area is 113 Å². The number of esters is 1. The molecule has 19 heavy (non-hydrogen) atoms. The Morgan fingerprint density at radius 2 is 2.05 bits per heavy atom. The van der Waals surface area contributed by atoms with Gasteiger partial charge >= 0.3 is 5.97 Å². The molecule has 0 unspecified atom stereocenters. The van der Waals surface area contributed by atoms with Crippen molar-refractivity contribution >= 4 is 5.97 Å². The highest BCUT2D eigenvalue weighted by atomic mass is 19.1. The van der Waals surface area contributed by atoms with Crippen molar-refractivity contribution in [2.45, 2.75) is 13.3 Å². The first-order chi connectivity index (χ1) is 9.13. The maximum Gasteiger partial charge on any atom is 0.307 e. The Morgan fingerprint density at radius 3 is 2.74 bits per heavy atom. The molecule has 0 aliphatic carbocycles. The molecule has 0 saturated carbocycles. The minimum atomic E-state index is -0.364. The zero-order chi connectivity index (χ0) is 14.1. The van der Waals surface area contributed by atoms with Gasteiger partial charge in [-0.05, 0) is 26.1 Å². The fourth-order valence-electron chi connectivity index (χ4n) is 1.50. The van der Waals surface area contributed by atoms with Crippen LogP contribution in [0.3, 0.4) is 0 Å². The topological polar surface area (TPSA) is 38.8 Å². The summed E-state index contributed by atoms with van der Waals surface area (Å²) in [6, 6.07) is 6.30. The van der Waals surface area contributed by atoms with Crippen LogP contribution >= 0.6 is 0 Å². The number of rotatable bonds is 8. The van der Waals surface area contributed by atoms with E-state index < -0.39 is 0 Å². The first-order valence-corrected chi connectivity index (χ1v) is 6.35. The lowest BCUT2D eigenvalue weighted by Gasteiger charge is -2.16. The van der Waals surface area contributed by atoms with Crippen molar-refractivity contribution in [1.29, 1.82) is 0 Å². The van der Waals surface area contributed by atoms with Crippen molar-refractivity contribution < 1.29 is 18.7 Å². The van der Waals surface area contributed by atoms with Crippen LogP contribution in [0.5, 0.6) is 5.75 Å². The van der Waals surface area contributed by atoms with Gasteiger partial charge < -0.3 is 14.4 Å². The van der Waals surface area contributed by atoms with Crippen LogP contribution in [-0.4, -0.2) is 44.2 Å². The van der Waals surface area contributed by atoms with Crippen molar-refractivity contribution in [1.82, 2.24) is 4.90 Å². The first-order valence-electron chi connectivity index (χ1n) is 6.35. The van der Waals surface area contributed by atoms with E-state index in [1.165, 1.54) is 6.07 Å². The Morgan fingerprint density at radius 1 is 1.32 bits per heavy atom. The molecule has 0 fully saturated rings. The van der Waals surface area contributed by atoms with Gasteiger partial charge in [0.15, 0.2) is 11.6 Å². The van der Waals surface area contributed by atoms with Crippen LogP contribution in [0.2, 0.25) is 0 Å². The molecule has 0 radical (unpaired) electrons. The van der Waals surface area contributed by atoms with Crippen LogP contribution in [0.4, 0.5) is 4.39 Å². The molecule has 1 aromatic carbocycles. The minimum Gasteiger partial charge on any atom is -0.489 e. The SMILES string of the molecule is CCOC(=O)CCN(C)CCOc1ccccc1F. The number of carbonyl (C=O) groups excluding carboxylic acids is 1. The lowest BCUT2D eigenvalue weighted by atomic mass is 10.3. The molecule has 0 amide bonds. The molecule has 0 spiro atoms. The lowest BCUT2D eigenvalue weighted by Crippen LogP contribution is -2.27. The molecule has 0 N–H and O–H groups in total. The van der Waals surface area contributed by atoms with E-state index in [1.807, 2.05) is 11.9 Å². The molecule has 0 aliphatic rings. The van der Waals surface area contributed by atoms with Crippen LogP contribution in [0, 0.1) is 5.82 Å². The molecule has 0 saturated heterocycles. The van der Waals surface area contributed by atoms with E-state index in [2.05, 4.69) is 0 Å². The molecular formula is C14H20FNO3. The van der Waals surface area contributed by atoms with Crippen LogP contribution in [0.25, 0.3) is 0 Å². The highest BCUT2D eigenvalue weighted by Gasteiger charge is 2.06. The van der Waals surface area contributed by atoms with E-state index in [1.54, 1.807) is 25.1 Å². The van der Waals surface area contributed by atoms with Gasteiger partial charge in [-0.2, -0.15) is 0 Å². The van der Waals surface area contributed by atoms with E-state index in [0.29, 0.717) is 32.7 Å². The first kappa shape index (κ1) is 15.4. The molecule has 0 heterocycles. The summed E-state index contributed by atoms with van der Waals surface area (Å²) in [4.78, 5) is 13.1. The third-order valence-electron chi connectivity index (χ3n) is 2.57. The Kier molecular flexibility index (Phi) is 6.89. The number of hydrogen-bond acceptors (Lipinski definition) is 4. The van der Waals surface area contributed by atoms with E-state index >= 15 is 0 Å². The third kappa shape index (κ3) is 6.20. The molecule has 0 bridgehead atoms. The van der Waals surface area contributed by atoms with E-state index in [0.717, 1.165) is 0 Å². The highest BCUT2D eigenvalue weighted by Crippen LogP contribution is 2.14. The van der Waals surface area contributed by atoms with Gasteiger partial charge in [0.25, 0.3) is 0 Å². The standard InChI is InChI=1S/C14H20FNO3/c1-3-18-14(17)8-9-16(2)10-11-19-13-7-5-4-6-12(13)15/h4-7H,3,8-11H2,1-2H3. The Hall–Kier alpha value is -1.62. The Bertz CT molecular complexity index is 398. The second kappa shape index (κ2) is 8.48. The van der Waals surface area contributed by atoms with Crippen molar-refractivity contribution in [2.24, 2.45) is 0 Å². The summed E-state index contributed by atoms with van der Waals surface area (Å²) in [6.45, 7) is 3.77. The predicted molar refractivity (Wildman–Crippen MR) is 70.6 cm³/mol. The normalized spacial score (nSPS) is 10.5. The van der Waals surface area contributed by atoms with Gasteiger partial charge in [0.2, 0.25) is 0 Å². The maximum atomic E-state index is 13.3. The van der Waals surface area contributed by atoms with Gasteiger partial charge in [-0.1, -0.05) is 12.1 Å². The molecule has 106 valence electrons. The molecule has 0 aromatic heterocycles. The van der Waals surface area contributed by atoms with Crippen LogP contribution in [0.15, 0.2) is 24.3 Å². The van der Waals surface area contributed by atoms with Crippen LogP contribution in [-0.2, 0) is 9.53 Å². The molecular weight excluding hydrogens is 249 g/mol. The van der Waals surface area contributed by atoms with E-state index in [-0.39, 0.29) is 17.5 Å². The number of carbonyl (C=O) groups is 1. The predicted octanol–water partition coefficient (Wildman–Crippen LogP) is 2.09. The maximum absolute atomic E-state index is 13.3. The minimum absolute atomic E-state index is 0.204. The van der Waals surface area contributed by atoms with Crippen molar-refractivity contribution in [3.05, 3.63) is 30.1 Å². The van der Waals surface area contributed by atoms with Crippen molar-refractivity contribution in [3.63, 3.8) is 0 Å². The highest BCUT2D eigenvalue weighted by molar-refractivity contribution is 5.69. The average Bonchev–Trinajstić information content (AvgIpc) is 2.39. The second-order valence-electron chi connectivity index (χ2n) is 4.14. The molecule has 4 nitrogen and oxygen atoms in total. The summed E-state index contributed by atoms with van der Waals surface area (Å²) < 4.78 is 23.4. The van der Waals surface area contributed by atoms with E-state index in [9.17, 15) is 9.18 Å². The number of hydrogen-bond donors (Lipinski definition) is 0. The molecule has 0 aliphatic heterocycles. The largest absolute Gasteiger partial charge is 0.489 e. The van der Waals surface area contributed by atoms with Crippen molar-refractivity contribution in [3.8, 4) is 5.75 Å². The zero-order valence-corrected chi connectivity index (χ0v) is 11.4. The fourth-order valence-corrected chi connectivity index (χ4v) is 1.50. The van der Waals surface area contributed by atoms with Crippen LogP contribution in [0.1, 0.15) is 13.3 Å². The summed E-state index contributed by atoms with van der Waals surface area (Å²) in [7, 11) is 1.88. The van der Waals surface area contributed by atoms with Crippen LogP contribution < -0.4 is 4.74 Å². The smallest absolute Gasteiger partial charge is 0.307 e. The number of halogens is 1. The summed E-state index contributed by atoms with van der Waals surface area (Å²) in [6.07, 6.45) is 0.351. The molecule has 1 aromatic rings. The third-order valence-corrected chi connectivity index (χ3v) is 2.57. The van der Waals surface area contributed by atoms with Gasteiger partial charge in [-0.25, -0.2) is 4.39 Å². The quantitative estimate of drug-likeness (QED) is 0.677. The second-order valence-corrected chi connectivity index (χ2v) is 4.14. The van der Waals surface area contributed by atoms with Gasteiger partial charge in [-0.15, -0.1) is 0 Å². The van der Waals surface area contributed by atoms with Gasteiger partial charge in [0, 0.05) is 13.1 Å². The van der Waals surface area contributed by atoms with Gasteiger partial charge in [-0.3, -0.25) is 4.79 Å². The number of likely N-dealkylation sites (N-methyl/N-ethyl adjacent to an activating group) is 1. The molecule has 5 heteroatoms. The summed E-state index contributed by atoms with van der Waals surface area (Å²) in [5, 5.41) is 0. The summed E-state index contributed by atoms with van der Waals surface area (Å²) in [5.74, 6) is -0.317. The summed E-state index contributed by atoms with van der Waals surface area (Å²) in [5.41, 5.74) is 0. The van der Waals surface area contributed by atoms with Gasteiger partial charge in [0.05, 0.1) is 13.0 Å². The van der Waals surface area contributed by atoms with Gasteiger partial charge in [0.1, 0.15) is 6.61 Å².